The van der Waals surface area contributed by atoms with Crippen LogP contribution in [0.25, 0.3) is 11.4 Å². The van der Waals surface area contributed by atoms with Gasteiger partial charge in [-0.15, -0.1) is 6.58 Å². The number of carbonyl (C=O) groups excluding carboxylic acids is 1. The smallest absolute Gasteiger partial charge is 0.411 e. The third-order valence-corrected chi connectivity index (χ3v) is 4.91. The van der Waals surface area contributed by atoms with Crippen molar-refractivity contribution in [2.24, 2.45) is 0 Å². The van der Waals surface area contributed by atoms with Crippen molar-refractivity contribution < 1.29 is 9.53 Å². The Balaban J connectivity index is 1.86. The predicted octanol–water partition coefficient (Wildman–Crippen LogP) is 5.47. The first-order valence-corrected chi connectivity index (χ1v) is 9.52. The second-order valence-electron chi connectivity index (χ2n) is 7.48. The molecule has 1 aromatic heterocycles. The van der Waals surface area contributed by atoms with Crippen molar-refractivity contribution in [3.8, 4) is 11.4 Å². The maximum Gasteiger partial charge on any atom is 0.411 e. The number of carbonyl (C=O) groups is 1. The normalized spacial score (nSPS) is 20.2. The maximum atomic E-state index is 12.7. The average molecular weight is 418 g/mol. The summed E-state index contributed by atoms with van der Waals surface area (Å²) in [7, 11) is 0. The molecule has 2 unspecified atom stereocenters. The molecule has 1 N–H and O–H groups in total. The van der Waals surface area contributed by atoms with Crippen LogP contribution in [0.2, 0.25) is 0 Å². The minimum absolute atomic E-state index is 0.0331. The van der Waals surface area contributed by atoms with Crippen LogP contribution in [0.5, 0.6) is 0 Å². The molecule has 0 aliphatic carbocycles. The monoisotopic (exact) mass is 417 g/mol. The average Bonchev–Trinajstić information content (AvgIpc) is 3.20. The number of halogens is 1. The van der Waals surface area contributed by atoms with E-state index in [0.717, 1.165) is 34.4 Å². The second kappa shape index (κ2) is 7.27. The minimum Gasteiger partial charge on any atom is -0.444 e. The lowest BCUT2D eigenvalue weighted by Gasteiger charge is -2.31. The lowest BCUT2D eigenvalue weighted by Crippen LogP contribution is -2.40. The molecule has 6 heteroatoms. The Morgan fingerprint density at radius 3 is 2.65 bits per heavy atom. The summed E-state index contributed by atoms with van der Waals surface area (Å²) in [6.45, 7) is 9.51. The number of hydrogen-bond donors (Lipinski definition) is 1. The predicted molar refractivity (Wildman–Crippen MR) is 106 cm³/mol. The van der Waals surface area contributed by atoms with Gasteiger partial charge in [0.05, 0.1) is 24.0 Å². The number of benzene rings is 1. The Hall–Kier alpha value is -2.08. The third kappa shape index (κ3) is 4.01. The van der Waals surface area contributed by atoms with Crippen LogP contribution in [-0.2, 0) is 4.74 Å². The fraction of sp³-hybridized carbons (Fsp3) is 0.400. The lowest BCUT2D eigenvalue weighted by atomic mass is 10.1. The number of nitrogens with one attached hydrogen (secondary N) is 1. The molecule has 1 fully saturated rings. The summed E-state index contributed by atoms with van der Waals surface area (Å²) in [4.78, 5) is 22.4. The summed E-state index contributed by atoms with van der Waals surface area (Å²) in [6.07, 6.45) is 5.02. The van der Waals surface area contributed by atoms with Crippen LogP contribution in [0.3, 0.4) is 0 Å². The van der Waals surface area contributed by atoms with E-state index in [1.165, 1.54) is 0 Å². The van der Waals surface area contributed by atoms with E-state index in [1.807, 2.05) is 57.3 Å². The highest BCUT2D eigenvalue weighted by atomic mass is 79.9. The van der Waals surface area contributed by atoms with Crippen molar-refractivity contribution in [3.05, 3.63) is 53.3 Å². The zero-order chi connectivity index (χ0) is 18.9. The van der Waals surface area contributed by atoms with Crippen molar-refractivity contribution in [1.82, 2.24) is 14.9 Å². The molecular formula is C20H24BrN3O2. The van der Waals surface area contributed by atoms with E-state index in [4.69, 9.17) is 4.74 Å². The molecule has 2 heterocycles. The molecule has 0 saturated carbocycles. The molecule has 2 atom stereocenters. The maximum absolute atomic E-state index is 12.7. The largest absolute Gasteiger partial charge is 0.444 e. The zero-order valence-corrected chi connectivity index (χ0v) is 16.9. The van der Waals surface area contributed by atoms with Crippen LogP contribution >= 0.6 is 15.9 Å². The first kappa shape index (κ1) is 18.7. The number of H-pyrrole nitrogens is 1. The zero-order valence-electron chi connectivity index (χ0n) is 15.3. The van der Waals surface area contributed by atoms with Gasteiger partial charge in [-0.25, -0.2) is 9.78 Å². The summed E-state index contributed by atoms with van der Waals surface area (Å²) in [6, 6.07) is 7.83. The molecule has 0 radical (unpaired) electrons. The van der Waals surface area contributed by atoms with Crippen molar-refractivity contribution in [3.63, 3.8) is 0 Å². The van der Waals surface area contributed by atoms with Crippen LogP contribution in [0.1, 0.15) is 45.3 Å². The fourth-order valence-electron chi connectivity index (χ4n) is 3.21. The number of imidazole rings is 1. The van der Waals surface area contributed by atoms with Gasteiger partial charge in [0.2, 0.25) is 0 Å². The Morgan fingerprint density at radius 2 is 2.04 bits per heavy atom. The summed E-state index contributed by atoms with van der Waals surface area (Å²) in [5, 5.41) is 0. The standard InChI is InChI=1S/C20H24BrN3O2/c1-5-15-10-11-17(24(15)19(25)26-20(2,3)4)16-12-22-18(23-16)13-6-8-14(21)9-7-13/h5-9,12,15,17H,1,10-11H2,2-4H3,(H,22,23). The Morgan fingerprint density at radius 1 is 1.35 bits per heavy atom. The number of aromatic nitrogens is 2. The van der Waals surface area contributed by atoms with E-state index in [1.54, 1.807) is 4.90 Å². The van der Waals surface area contributed by atoms with Gasteiger partial charge in [-0.2, -0.15) is 0 Å². The first-order valence-electron chi connectivity index (χ1n) is 8.73. The van der Waals surface area contributed by atoms with Gasteiger partial charge >= 0.3 is 6.09 Å². The van der Waals surface area contributed by atoms with E-state index in [-0.39, 0.29) is 18.2 Å². The highest BCUT2D eigenvalue weighted by Gasteiger charge is 2.39. The van der Waals surface area contributed by atoms with Crippen LogP contribution in [0, 0.1) is 0 Å². The van der Waals surface area contributed by atoms with Gasteiger partial charge in [0.15, 0.2) is 0 Å². The fourth-order valence-corrected chi connectivity index (χ4v) is 3.48. The van der Waals surface area contributed by atoms with Gasteiger partial charge in [-0.1, -0.05) is 34.1 Å². The molecular weight excluding hydrogens is 394 g/mol. The van der Waals surface area contributed by atoms with Crippen LogP contribution in [0.15, 0.2) is 47.6 Å². The van der Waals surface area contributed by atoms with E-state index < -0.39 is 5.60 Å². The van der Waals surface area contributed by atoms with Gasteiger partial charge in [0.25, 0.3) is 0 Å². The summed E-state index contributed by atoms with van der Waals surface area (Å²) < 4.78 is 6.63. The third-order valence-electron chi connectivity index (χ3n) is 4.38. The lowest BCUT2D eigenvalue weighted by molar-refractivity contribution is 0.0175. The molecule has 138 valence electrons. The molecule has 26 heavy (non-hydrogen) atoms. The van der Waals surface area contributed by atoms with Crippen molar-refractivity contribution >= 4 is 22.0 Å². The number of likely N-dealkylation sites (tertiary alicyclic amines) is 1. The van der Waals surface area contributed by atoms with Crippen LogP contribution < -0.4 is 0 Å². The first-order chi connectivity index (χ1) is 12.3. The highest BCUT2D eigenvalue weighted by molar-refractivity contribution is 9.10. The number of amides is 1. The summed E-state index contributed by atoms with van der Waals surface area (Å²) in [5.41, 5.74) is 1.38. The number of ether oxygens (including phenoxy) is 1. The number of hydrogen-bond acceptors (Lipinski definition) is 3. The molecule has 1 amide bonds. The number of nitrogens with zero attached hydrogens (tertiary/aromatic N) is 2. The highest BCUT2D eigenvalue weighted by Crippen LogP contribution is 2.37. The molecule has 1 saturated heterocycles. The van der Waals surface area contributed by atoms with Gasteiger partial charge in [-0.05, 0) is 45.7 Å². The molecule has 0 spiro atoms. The Labute approximate surface area is 162 Å². The number of aromatic amines is 1. The molecule has 0 bridgehead atoms. The topological polar surface area (TPSA) is 58.2 Å². The van der Waals surface area contributed by atoms with E-state index in [9.17, 15) is 4.79 Å². The Kier molecular flexibility index (Phi) is 5.23. The Bertz CT molecular complexity index is 792. The summed E-state index contributed by atoms with van der Waals surface area (Å²) >= 11 is 3.44. The molecule has 1 aromatic carbocycles. The van der Waals surface area contributed by atoms with Gasteiger partial charge in [0.1, 0.15) is 11.4 Å². The van der Waals surface area contributed by atoms with Crippen LogP contribution in [0.4, 0.5) is 4.79 Å². The van der Waals surface area contributed by atoms with Crippen molar-refractivity contribution in [2.45, 2.75) is 51.3 Å². The van der Waals surface area contributed by atoms with E-state index in [0.29, 0.717) is 0 Å². The molecule has 3 rings (SSSR count). The van der Waals surface area contributed by atoms with E-state index in [2.05, 4.69) is 32.5 Å². The quantitative estimate of drug-likeness (QED) is 0.673. The molecule has 1 aliphatic rings. The SMILES string of the molecule is C=CC1CCC(c2cnc(-c3ccc(Br)cc3)[nH]2)N1C(=O)OC(C)(C)C. The van der Waals surface area contributed by atoms with Gasteiger partial charge in [-0.3, -0.25) is 4.90 Å². The van der Waals surface area contributed by atoms with Gasteiger partial charge in [0, 0.05) is 10.0 Å². The van der Waals surface area contributed by atoms with E-state index >= 15 is 0 Å². The second-order valence-corrected chi connectivity index (χ2v) is 8.39. The van der Waals surface area contributed by atoms with Crippen molar-refractivity contribution in [2.75, 3.05) is 0 Å². The molecule has 5 nitrogen and oxygen atoms in total. The minimum atomic E-state index is -0.535. The molecule has 1 aliphatic heterocycles. The number of rotatable bonds is 3. The molecule has 2 aromatic rings. The van der Waals surface area contributed by atoms with Crippen LogP contribution in [-0.4, -0.2) is 32.6 Å². The van der Waals surface area contributed by atoms with Gasteiger partial charge < -0.3 is 9.72 Å². The summed E-state index contributed by atoms with van der Waals surface area (Å²) in [5.74, 6) is 0.790. The van der Waals surface area contributed by atoms with Crippen molar-refractivity contribution in [1.29, 1.82) is 0 Å².